The Morgan fingerprint density at radius 1 is 1.18 bits per heavy atom. The molecule has 0 fully saturated rings. The largest absolute Gasteiger partial charge is 0.508 e. The summed E-state index contributed by atoms with van der Waals surface area (Å²) in [7, 11) is 1.63. The van der Waals surface area contributed by atoms with Crippen LogP contribution in [0.5, 0.6) is 11.5 Å². The minimum absolute atomic E-state index is 0.183. The molecule has 3 N–H and O–H groups in total. The van der Waals surface area contributed by atoms with Crippen molar-refractivity contribution >= 4 is 11.7 Å². The van der Waals surface area contributed by atoms with E-state index in [0.29, 0.717) is 12.2 Å². The van der Waals surface area contributed by atoms with Crippen LogP contribution in [0.15, 0.2) is 42.5 Å². The van der Waals surface area contributed by atoms with Crippen molar-refractivity contribution in [3.8, 4) is 11.5 Å². The molecule has 116 valence electrons. The monoisotopic (exact) mass is 300 g/mol. The number of amides is 2. The van der Waals surface area contributed by atoms with Crippen LogP contribution in [-0.2, 0) is 6.42 Å². The number of urea groups is 1. The fourth-order valence-corrected chi connectivity index (χ4v) is 2.07. The van der Waals surface area contributed by atoms with E-state index < -0.39 is 0 Å². The van der Waals surface area contributed by atoms with Gasteiger partial charge in [-0.3, -0.25) is 0 Å². The number of aromatic hydroxyl groups is 1. The van der Waals surface area contributed by atoms with Gasteiger partial charge in [0.25, 0.3) is 0 Å². The molecule has 2 rings (SSSR count). The molecule has 0 aliphatic heterocycles. The molecule has 5 nitrogen and oxygen atoms in total. The molecule has 0 spiro atoms. The first-order valence-corrected chi connectivity index (χ1v) is 7.06. The van der Waals surface area contributed by atoms with Crippen molar-refractivity contribution in [1.82, 2.24) is 5.32 Å². The minimum atomic E-state index is -0.262. The van der Waals surface area contributed by atoms with Crippen LogP contribution < -0.4 is 15.4 Å². The summed E-state index contributed by atoms with van der Waals surface area (Å²) in [4.78, 5) is 11.8. The highest BCUT2D eigenvalue weighted by Crippen LogP contribution is 2.19. The molecular formula is C17H20N2O3. The number of benzene rings is 2. The number of hydrogen-bond acceptors (Lipinski definition) is 3. The fraction of sp³-hybridized carbons (Fsp3) is 0.235. The second kappa shape index (κ2) is 7.36. The maximum Gasteiger partial charge on any atom is 0.319 e. The first kappa shape index (κ1) is 15.7. The summed E-state index contributed by atoms with van der Waals surface area (Å²) < 4.78 is 5.10. The number of rotatable bonds is 5. The first-order chi connectivity index (χ1) is 10.6. The van der Waals surface area contributed by atoms with Gasteiger partial charge < -0.3 is 20.5 Å². The third-order valence-corrected chi connectivity index (χ3v) is 3.32. The van der Waals surface area contributed by atoms with Gasteiger partial charge in [0.15, 0.2) is 0 Å². The Hall–Kier alpha value is -2.69. The lowest BCUT2D eigenvalue weighted by molar-refractivity contribution is 0.252. The topological polar surface area (TPSA) is 70.6 Å². The number of hydrogen-bond donors (Lipinski definition) is 3. The molecule has 0 bridgehead atoms. The Morgan fingerprint density at radius 2 is 1.91 bits per heavy atom. The van der Waals surface area contributed by atoms with Crippen molar-refractivity contribution < 1.29 is 14.6 Å². The van der Waals surface area contributed by atoms with Crippen molar-refractivity contribution in [2.45, 2.75) is 13.3 Å². The Kier molecular flexibility index (Phi) is 5.25. The average molecular weight is 300 g/mol. The third-order valence-electron chi connectivity index (χ3n) is 3.32. The van der Waals surface area contributed by atoms with E-state index >= 15 is 0 Å². The molecular weight excluding hydrogens is 280 g/mol. The van der Waals surface area contributed by atoms with Gasteiger partial charge in [0.2, 0.25) is 0 Å². The molecule has 0 saturated carbocycles. The van der Waals surface area contributed by atoms with E-state index in [-0.39, 0.29) is 11.8 Å². The number of phenolic OH excluding ortho intramolecular Hbond substituents is 1. The maximum atomic E-state index is 11.8. The van der Waals surface area contributed by atoms with Crippen molar-refractivity contribution in [1.29, 1.82) is 0 Å². The maximum absolute atomic E-state index is 11.8. The number of anilines is 1. The summed E-state index contributed by atoms with van der Waals surface area (Å²) in [6.45, 7) is 2.36. The Labute approximate surface area is 129 Å². The normalized spacial score (nSPS) is 10.1. The SMILES string of the molecule is COc1ccc(CCNC(=O)Nc2ccc(O)cc2C)cc1. The van der Waals surface area contributed by atoms with Gasteiger partial charge in [0.05, 0.1) is 7.11 Å². The molecule has 0 heterocycles. The lowest BCUT2D eigenvalue weighted by Crippen LogP contribution is -2.30. The summed E-state index contributed by atoms with van der Waals surface area (Å²) in [5.41, 5.74) is 2.62. The van der Waals surface area contributed by atoms with Crippen molar-refractivity contribution in [2.24, 2.45) is 0 Å². The molecule has 2 aromatic carbocycles. The van der Waals surface area contributed by atoms with E-state index in [0.717, 1.165) is 23.3 Å². The van der Waals surface area contributed by atoms with Gasteiger partial charge in [-0.2, -0.15) is 0 Å². The molecule has 5 heteroatoms. The van der Waals surface area contributed by atoms with Gasteiger partial charge in [0, 0.05) is 12.2 Å². The zero-order valence-electron chi connectivity index (χ0n) is 12.7. The second-order valence-electron chi connectivity index (χ2n) is 4.98. The van der Waals surface area contributed by atoms with Crippen LogP contribution in [0.25, 0.3) is 0 Å². The van der Waals surface area contributed by atoms with Gasteiger partial charge in [-0.25, -0.2) is 4.79 Å². The van der Waals surface area contributed by atoms with Crippen molar-refractivity contribution in [2.75, 3.05) is 19.0 Å². The van der Waals surface area contributed by atoms with Crippen LogP contribution in [0.2, 0.25) is 0 Å². The molecule has 0 unspecified atom stereocenters. The molecule has 2 amide bonds. The zero-order chi connectivity index (χ0) is 15.9. The second-order valence-corrected chi connectivity index (χ2v) is 4.98. The van der Waals surface area contributed by atoms with Gasteiger partial charge in [-0.05, 0) is 54.8 Å². The van der Waals surface area contributed by atoms with E-state index in [2.05, 4.69) is 10.6 Å². The van der Waals surface area contributed by atoms with Crippen LogP contribution in [-0.4, -0.2) is 24.8 Å². The number of carbonyl (C=O) groups is 1. The summed E-state index contributed by atoms with van der Waals surface area (Å²) in [5.74, 6) is 1.00. The lowest BCUT2D eigenvalue weighted by Gasteiger charge is -2.10. The van der Waals surface area contributed by atoms with Gasteiger partial charge in [-0.1, -0.05) is 12.1 Å². The molecule has 0 saturated heterocycles. The number of carbonyl (C=O) groups excluding carboxylic acids is 1. The summed E-state index contributed by atoms with van der Waals surface area (Å²) in [6, 6.07) is 12.3. The van der Waals surface area contributed by atoms with Crippen LogP contribution >= 0.6 is 0 Å². The van der Waals surface area contributed by atoms with Crippen LogP contribution in [0.4, 0.5) is 10.5 Å². The van der Waals surface area contributed by atoms with Crippen molar-refractivity contribution in [3.05, 3.63) is 53.6 Å². The van der Waals surface area contributed by atoms with E-state index in [4.69, 9.17) is 4.74 Å². The molecule has 0 aliphatic rings. The van der Waals surface area contributed by atoms with Crippen LogP contribution in [0.3, 0.4) is 0 Å². The summed E-state index contributed by atoms with van der Waals surface area (Å²) in [6.07, 6.45) is 0.742. The standard InChI is InChI=1S/C17H20N2O3/c1-12-11-14(20)5-8-16(12)19-17(21)18-10-9-13-3-6-15(22-2)7-4-13/h3-8,11,20H,9-10H2,1-2H3,(H2,18,19,21). The predicted octanol–water partition coefficient (Wildman–Crippen LogP) is 3.07. The lowest BCUT2D eigenvalue weighted by atomic mass is 10.1. The van der Waals surface area contributed by atoms with Gasteiger partial charge in [-0.15, -0.1) is 0 Å². The Morgan fingerprint density at radius 3 is 2.55 bits per heavy atom. The Balaban J connectivity index is 1.79. The first-order valence-electron chi connectivity index (χ1n) is 7.06. The number of ether oxygens (including phenoxy) is 1. The number of phenols is 1. The molecule has 0 aromatic heterocycles. The molecule has 0 radical (unpaired) electrons. The minimum Gasteiger partial charge on any atom is -0.508 e. The molecule has 22 heavy (non-hydrogen) atoms. The highest BCUT2D eigenvalue weighted by atomic mass is 16.5. The molecule has 0 aliphatic carbocycles. The average Bonchev–Trinajstić information content (AvgIpc) is 2.51. The van der Waals surface area contributed by atoms with Gasteiger partial charge in [0.1, 0.15) is 11.5 Å². The number of aryl methyl sites for hydroxylation is 1. The van der Waals surface area contributed by atoms with E-state index in [9.17, 15) is 9.90 Å². The highest BCUT2D eigenvalue weighted by Gasteiger charge is 2.04. The third kappa shape index (κ3) is 4.41. The zero-order valence-corrected chi connectivity index (χ0v) is 12.7. The van der Waals surface area contributed by atoms with Crippen LogP contribution in [0.1, 0.15) is 11.1 Å². The van der Waals surface area contributed by atoms with E-state index in [1.54, 1.807) is 25.3 Å². The summed E-state index contributed by atoms with van der Waals surface area (Å²) in [5, 5.41) is 14.9. The van der Waals surface area contributed by atoms with Gasteiger partial charge >= 0.3 is 6.03 Å². The fourth-order valence-electron chi connectivity index (χ4n) is 2.07. The highest BCUT2D eigenvalue weighted by molar-refractivity contribution is 5.90. The summed E-state index contributed by atoms with van der Waals surface area (Å²) >= 11 is 0. The molecule has 0 atom stereocenters. The van der Waals surface area contributed by atoms with E-state index in [1.807, 2.05) is 31.2 Å². The number of methoxy groups -OCH3 is 1. The quantitative estimate of drug-likeness (QED) is 0.743. The molecule has 2 aromatic rings. The Bertz CT molecular complexity index is 639. The van der Waals surface area contributed by atoms with E-state index in [1.165, 1.54) is 0 Å². The predicted molar refractivity (Wildman–Crippen MR) is 86.6 cm³/mol. The smallest absolute Gasteiger partial charge is 0.319 e. The number of nitrogens with one attached hydrogen (secondary N) is 2. The van der Waals surface area contributed by atoms with Crippen LogP contribution in [0, 0.1) is 6.92 Å². The van der Waals surface area contributed by atoms with Crippen molar-refractivity contribution in [3.63, 3.8) is 0 Å².